The Labute approximate surface area is 186 Å². The largest absolute Gasteiger partial charge is 0.380 e. The van der Waals surface area contributed by atoms with Crippen LogP contribution < -0.4 is 5.32 Å². The van der Waals surface area contributed by atoms with E-state index in [1.807, 2.05) is 60.9 Å². The number of amides is 1. The first-order valence-electron chi connectivity index (χ1n) is 10.9. The molecule has 1 N–H and O–H groups in total. The minimum absolute atomic E-state index is 0.276. The first-order valence-corrected chi connectivity index (χ1v) is 10.9. The number of fused-ring (bicyclic) bond motifs is 10. The van der Waals surface area contributed by atoms with Gasteiger partial charge in [0, 0.05) is 77.6 Å². The van der Waals surface area contributed by atoms with Crippen molar-refractivity contribution in [1.29, 1.82) is 0 Å². The number of para-hydroxylation sites is 2. The van der Waals surface area contributed by atoms with E-state index in [4.69, 9.17) is 4.74 Å². The Morgan fingerprint density at radius 2 is 1.53 bits per heavy atom. The number of rotatable bonds is 2. The van der Waals surface area contributed by atoms with Crippen molar-refractivity contribution in [3.63, 3.8) is 0 Å². The maximum absolute atomic E-state index is 13.2. The first kappa shape index (κ1) is 20.3. The van der Waals surface area contributed by atoms with Gasteiger partial charge < -0.3 is 19.2 Å². The molecule has 32 heavy (non-hydrogen) atoms. The topological polar surface area (TPSA) is 65.3 Å². The number of aldehydes is 1. The Morgan fingerprint density at radius 3 is 2.22 bits per heavy atom. The minimum Gasteiger partial charge on any atom is -0.380 e. The number of aromatic nitrogens is 2. The second-order valence-corrected chi connectivity index (χ2v) is 7.96. The van der Waals surface area contributed by atoms with Gasteiger partial charge in [0.2, 0.25) is 0 Å². The van der Waals surface area contributed by atoms with Gasteiger partial charge in [-0.05, 0) is 18.6 Å². The molecule has 0 saturated carbocycles. The molecule has 0 radical (unpaired) electrons. The minimum atomic E-state index is -0.276. The van der Waals surface area contributed by atoms with Gasteiger partial charge in [-0.3, -0.25) is 9.59 Å². The lowest BCUT2D eigenvalue weighted by atomic mass is 9.94. The number of carbonyl (C=O) groups excluding carboxylic acids is 2. The quantitative estimate of drug-likeness (QED) is 0.494. The maximum atomic E-state index is 13.2. The summed E-state index contributed by atoms with van der Waals surface area (Å²) in [6.45, 7) is 2.68. The molecule has 4 aromatic rings. The van der Waals surface area contributed by atoms with Crippen molar-refractivity contribution in [1.82, 2.24) is 14.5 Å². The molecule has 5 rings (SSSR count). The Morgan fingerprint density at radius 1 is 0.906 bits per heavy atom. The maximum Gasteiger partial charge on any atom is 0.252 e. The SMILES string of the molecule is CNC(=O)/C1=C(\C=O)c2cn(c3ccccc23)CCOCCCn2cc1c1ccccc12. The van der Waals surface area contributed by atoms with E-state index in [2.05, 4.69) is 14.5 Å². The molecule has 0 aliphatic carbocycles. The van der Waals surface area contributed by atoms with Gasteiger partial charge in [-0.2, -0.15) is 0 Å². The number of benzene rings is 2. The monoisotopic (exact) mass is 427 g/mol. The molecule has 0 spiro atoms. The lowest BCUT2D eigenvalue weighted by Gasteiger charge is -2.10. The van der Waals surface area contributed by atoms with E-state index in [1.54, 1.807) is 7.05 Å². The van der Waals surface area contributed by atoms with Crippen LogP contribution in [0.2, 0.25) is 0 Å². The van der Waals surface area contributed by atoms with E-state index in [-0.39, 0.29) is 5.91 Å². The van der Waals surface area contributed by atoms with Crippen LogP contribution >= 0.6 is 0 Å². The Bertz CT molecular complexity index is 1360. The summed E-state index contributed by atoms with van der Waals surface area (Å²) in [5.41, 5.74) is 4.35. The fraction of sp³-hybridized carbons (Fsp3) is 0.231. The van der Waals surface area contributed by atoms with Crippen LogP contribution in [0.1, 0.15) is 17.5 Å². The van der Waals surface area contributed by atoms with Crippen molar-refractivity contribution < 1.29 is 14.3 Å². The highest BCUT2D eigenvalue weighted by molar-refractivity contribution is 6.38. The number of carbonyl (C=O) groups is 2. The summed E-state index contributed by atoms with van der Waals surface area (Å²) in [5, 5.41) is 4.64. The van der Waals surface area contributed by atoms with Crippen LogP contribution in [0.5, 0.6) is 0 Å². The highest BCUT2D eigenvalue weighted by atomic mass is 16.5. The zero-order valence-electron chi connectivity index (χ0n) is 18.0. The van der Waals surface area contributed by atoms with E-state index in [0.29, 0.717) is 30.9 Å². The van der Waals surface area contributed by atoms with Gasteiger partial charge in [0.05, 0.1) is 12.2 Å². The third-order valence-electron chi connectivity index (χ3n) is 6.14. The predicted molar refractivity (Wildman–Crippen MR) is 126 cm³/mol. The third-order valence-corrected chi connectivity index (χ3v) is 6.14. The summed E-state index contributed by atoms with van der Waals surface area (Å²) in [6, 6.07) is 16.0. The van der Waals surface area contributed by atoms with Crippen LogP contribution in [0.3, 0.4) is 0 Å². The van der Waals surface area contributed by atoms with Gasteiger partial charge in [-0.1, -0.05) is 36.4 Å². The summed E-state index contributed by atoms with van der Waals surface area (Å²) in [4.78, 5) is 25.8. The average Bonchev–Trinajstić information content (AvgIpc) is 3.37. The van der Waals surface area contributed by atoms with Crippen LogP contribution in [0.15, 0.2) is 60.9 Å². The second-order valence-electron chi connectivity index (χ2n) is 7.96. The van der Waals surface area contributed by atoms with E-state index < -0.39 is 0 Å². The van der Waals surface area contributed by atoms with Crippen molar-refractivity contribution in [2.75, 3.05) is 20.3 Å². The van der Waals surface area contributed by atoms with Crippen LogP contribution in [-0.2, 0) is 27.4 Å². The number of hydrogen-bond donors (Lipinski definition) is 1. The van der Waals surface area contributed by atoms with Gasteiger partial charge in [-0.15, -0.1) is 0 Å². The second kappa shape index (κ2) is 8.48. The molecule has 2 aromatic carbocycles. The highest BCUT2D eigenvalue weighted by Gasteiger charge is 2.24. The van der Waals surface area contributed by atoms with Crippen molar-refractivity contribution in [2.24, 2.45) is 0 Å². The van der Waals surface area contributed by atoms with E-state index in [9.17, 15) is 9.59 Å². The van der Waals surface area contributed by atoms with Gasteiger partial charge in [0.15, 0.2) is 6.29 Å². The van der Waals surface area contributed by atoms with E-state index in [1.165, 1.54) is 0 Å². The summed E-state index contributed by atoms with van der Waals surface area (Å²) in [6.07, 6.45) is 5.62. The molecule has 1 amide bonds. The molecular weight excluding hydrogens is 402 g/mol. The number of hydrogen-bond acceptors (Lipinski definition) is 3. The Hall–Kier alpha value is -3.64. The molecule has 0 unspecified atom stereocenters. The summed E-state index contributed by atoms with van der Waals surface area (Å²) >= 11 is 0. The molecule has 0 fully saturated rings. The third kappa shape index (κ3) is 3.33. The Balaban J connectivity index is 1.88. The fourth-order valence-corrected chi connectivity index (χ4v) is 4.65. The molecule has 2 aromatic heterocycles. The van der Waals surface area contributed by atoms with Crippen molar-refractivity contribution in [2.45, 2.75) is 19.5 Å². The normalized spacial score (nSPS) is 17.3. The molecule has 0 saturated heterocycles. The molecule has 1 aliphatic heterocycles. The zero-order valence-corrected chi connectivity index (χ0v) is 18.0. The molecule has 6 nitrogen and oxygen atoms in total. The zero-order chi connectivity index (χ0) is 22.1. The van der Waals surface area contributed by atoms with E-state index >= 15 is 0 Å². The number of aryl methyl sites for hydroxylation is 1. The average molecular weight is 428 g/mol. The van der Waals surface area contributed by atoms with Gasteiger partial charge in [0.1, 0.15) is 0 Å². The van der Waals surface area contributed by atoms with Crippen LogP contribution in [0, 0.1) is 0 Å². The Kier molecular flexibility index (Phi) is 5.37. The van der Waals surface area contributed by atoms with Crippen LogP contribution in [0.25, 0.3) is 33.0 Å². The number of allylic oxidation sites excluding steroid dienone is 1. The summed E-state index contributed by atoms with van der Waals surface area (Å²) < 4.78 is 10.2. The number of nitrogens with one attached hydrogen (secondary N) is 1. The predicted octanol–water partition coefficient (Wildman–Crippen LogP) is 3.87. The number of likely N-dealkylation sites (N-methyl/N-ethyl adjacent to an activating group) is 1. The first-order chi connectivity index (χ1) is 15.7. The van der Waals surface area contributed by atoms with Crippen molar-refractivity contribution >= 4 is 45.1 Å². The van der Waals surface area contributed by atoms with Crippen molar-refractivity contribution in [3.05, 3.63) is 72.1 Å². The molecule has 162 valence electrons. The highest BCUT2D eigenvalue weighted by Crippen LogP contribution is 2.35. The van der Waals surface area contributed by atoms with Crippen LogP contribution in [0.4, 0.5) is 0 Å². The van der Waals surface area contributed by atoms with Gasteiger partial charge in [-0.25, -0.2) is 0 Å². The molecule has 1 aliphatic rings. The molecule has 4 bridgehead atoms. The van der Waals surface area contributed by atoms with Gasteiger partial charge in [0.25, 0.3) is 5.91 Å². The number of ether oxygens (including phenoxy) is 1. The molecule has 3 heterocycles. The van der Waals surface area contributed by atoms with Crippen LogP contribution in [-0.4, -0.2) is 41.6 Å². The summed E-state index contributed by atoms with van der Waals surface area (Å²) in [5.74, 6) is -0.276. The standard InChI is InChI=1S/C26H25N3O3/c1-27-26(31)25-21-16-28(24-10-5-3-8-19(21)24)11-6-13-32-14-12-29-15-20(22(25)17-30)18-7-2-4-9-23(18)29/h2-5,7-10,15-17H,6,11-14H2,1H3,(H,27,31)/b25-22+. The lowest BCUT2D eigenvalue weighted by molar-refractivity contribution is -0.115. The molecule has 0 atom stereocenters. The van der Waals surface area contributed by atoms with E-state index in [0.717, 1.165) is 52.2 Å². The number of nitrogens with zero attached hydrogens (tertiary/aromatic N) is 2. The molecule has 6 heteroatoms. The van der Waals surface area contributed by atoms with Gasteiger partial charge >= 0.3 is 0 Å². The molecular formula is C26H25N3O3. The summed E-state index contributed by atoms with van der Waals surface area (Å²) in [7, 11) is 1.60. The lowest BCUT2D eigenvalue weighted by Crippen LogP contribution is -2.20. The fourth-order valence-electron chi connectivity index (χ4n) is 4.65. The smallest absolute Gasteiger partial charge is 0.252 e. The van der Waals surface area contributed by atoms with Crippen molar-refractivity contribution in [3.8, 4) is 0 Å².